The van der Waals surface area contributed by atoms with Crippen molar-refractivity contribution in [1.82, 2.24) is 5.43 Å². The standard InChI is InChI=1S/C26H47N3O/c1-7-9-10-11-12-13-14-15-16-17-19-23-20-18-21-24(25(23)28(3)4)26(30)27-29(5,6)22-8-2/h18,20-21H,7-17,19,22H2,1-6H3/p+1. The third-order valence-electron chi connectivity index (χ3n) is 5.80. The largest absolute Gasteiger partial charge is 0.377 e. The van der Waals surface area contributed by atoms with Gasteiger partial charge < -0.3 is 4.90 Å². The minimum atomic E-state index is 0.0158. The lowest BCUT2D eigenvalue weighted by atomic mass is 9.99. The van der Waals surface area contributed by atoms with Gasteiger partial charge in [0, 0.05) is 14.1 Å². The molecule has 4 heteroatoms. The number of nitrogens with one attached hydrogen (secondary N) is 1. The molecule has 0 aliphatic carbocycles. The Morgan fingerprint density at radius 3 is 1.97 bits per heavy atom. The summed E-state index contributed by atoms with van der Waals surface area (Å²) in [4.78, 5) is 15.1. The predicted octanol–water partition coefficient (Wildman–Crippen LogP) is 6.35. The van der Waals surface area contributed by atoms with Gasteiger partial charge in [0.15, 0.2) is 0 Å². The lowest BCUT2D eigenvalue weighted by Gasteiger charge is -2.30. The van der Waals surface area contributed by atoms with Crippen LogP contribution in [-0.2, 0) is 6.42 Å². The van der Waals surface area contributed by atoms with Crippen molar-refractivity contribution >= 4 is 11.6 Å². The fourth-order valence-electron chi connectivity index (χ4n) is 4.26. The molecule has 0 spiro atoms. The number of hydrogen-bond acceptors (Lipinski definition) is 2. The number of carbonyl (C=O) groups is 1. The Morgan fingerprint density at radius 1 is 0.867 bits per heavy atom. The molecule has 0 unspecified atom stereocenters. The van der Waals surface area contributed by atoms with E-state index >= 15 is 0 Å². The lowest BCUT2D eigenvalue weighted by molar-refractivity contribution is -0.924. The molecular formula is C26H48N3O+. The molecule has 1 aromatic rings. The van der Waals surface area contributed by atoms with Gasteiger partial charge in [-0.3, -0.25) is 4.79 Å². The molecule has 0 aromatic heterocycles. The van der Waals surface area contributed by atoms with Crippen molar-refractivity contribution in [3.05, 3.63) is 29.3 Å². The topological polar surface area (TPSA) is 32.3 Å². The number of nitrogens with zero attached hydrogens (tertiary/aromatic N) is 2. The number of unbranched alkanes of at least 4 members (excludes halogenated alkanes) is 9. The average Bonchev–Trinajstić information content (AvgIpc) is 2.68. The van der Waals surface area contributed by atoms with E-state index in [9.17, 15) is 4.79 Å². The summed E-state index contributed by atoms with van der Waals surface area (Å²) in [6.45, 7) is 5.34. The molecule has 0 radical (unpaired) electrons. The number of carbonyl (C=O) groups excluding carboxylic acids is 1. The number of para-hydroxylation sites is 1. The quantitative estimate of drug-likeness (QED) is 0.193. The van der Waals surface area contributed by atoms with Gasteiger partial charge in [-0.05, 0) is 30.9 Å². The van der Waals surface area contributed by atoms with Crippen LogP contribution in [0.15, 0.2) is 18.2 Å². The van der Waals surface area contributed by atoms with Gasteiger partial charge in [0.2, 0.25) is 0 Å². The van der Waals surface area contributed by atoms with Crippen molar-refractivity contribution in [3.8, 4) is 0 Å². The van der Waals surface area contributed by atoms with Crippen molar-refractivity contribution in [3.63, 3.8) is 0 Å². The van der Waals surface area contributed by atoms with E-state index in [1.807, 2.05) is 40.3 Å². The smallest absolute Gasteiger partial charge is 0.298 e. The highest BCUT2D eigenvalue weighted by atomic mass is 16.2. The normalized spacial score (nSPS) is 11.5. The Hall–Kier alpha value is -1.55. The minimum Gasteiger partial charge on any atom is -0.377 e. The molecule has 0 fully saturated rings. The molecule has 0 heterocycles. The molecule has 1 amide bonds. The fraction of sp³-hybridized carbons (Fsp3) is 0.731. The van der Waals surface area contributed by atoms with Crippen LogP contribution < -0.4 is 10.3 Å². The number of benzene rings is 1. The molecule has 0 bridgehead atoms. The number of quaternary nitrogens is 1. The second-order valence-corrected chi connectivity index (χ2v) is 9.49. The molecular weight excluding hydrogens is 370 g/mol. The monoisotopic (exact) mass is 418 g/mol. The molecule has 4 nitrogen and oxygen atoms in total. The Labute approximate surface area is 186 Å². The number of anilines is 1. The van der Waals surface area contributed by atoms with Crippen molar-refractivity contribution in [2.45, 2.75) is 90.9 Å². The molecule has 1 rings (SSSR count). The molecule has 0 aliphatic rings. The first-order chi connectivity index (χ1) is 14.3. The van der Waals surface area contributed by atoms with Gasteiger partial charge in [-0.1, -0.05) is 83.8 Å². The van der Waals surface area contributed by atoms with Crippen LogP contribution >= 0.6 is 0 Å². The highest BCUT2D eigenvalue weighted by Gasteiger charge is 2.23. The zero-order valence-corrected chi connectivity index (χ0v) is 20.7. The van der Waals surface area contributed by atoms with Crippen LogP contribution in [0.1, 0.15) is 100 Å². The molecule has 30 heavy (non-hydrogen) atoms. The molecule has 1 aromatic carbocycles. The summed E-state index contributed by atoms with van der Waals surface area (Å²) in [6.07, 6.45) is 15.5. The highest BCUT2D eigenvalue weighted by molar-refractivity contribution is 5.99. The van der Waals surface area contributed by atoms with E-state index in [2.05, 4.69) is 30.2 Å². The second-order valence-electron chi connectivity index (χ2n) is 9.49. The van der Waals surface area contributed by atoms with E-state index in [0.717, 1.165) is 30.6 Å². The van der Waals surface area contributed by atoms with Crippen molar-refractivity contribution in [2.24, 2.45) is 0 Å². The van der Waals surface area contributed by atoms with Crippen molar-refractivity contribution in [2.75, 3.05) is 39.6 Å². The lowest BCUT2D eigenvalue weighted by Crippen LogP contribution is -2.54. The SMILES string of the molecule is CCCCCCCCCCCCc1cccc(C(=O)N[N+](C)(C)CCC)c1N(C)C. The predicted molar refractivity (Wildman–Crippen MR) is 131 cm³/mol. The maximum atomic E-state index is 13.0. The third-order valence-corrected chi connectivity index (χ3v) is 5.80. The van der Waals surface area contributed by atoms with E-state index in [1.54, 1.807) is 0 Å². The summed E-state index contributed by atoms with van der Waals surface area (Å²) in [5, 5.41) is 0. The molecule has 0 saturated heterocycles. The number of rotatable bonds is 16. The zero-order chi connectivity index (χ0) is 22.4. The minimum absolute atomic E-state index is 0.0158. The van der Waals surface area contributed by atoms with Gasteiger partial charge in [-0.2, -0.15) is 5.43 Å². The zero-order valence-electron chi connectivity index (χ0n) is 20.7. The van der Waals surface area contributed by atoms with Crippen LogP contribution in [0.25, 0.3) is 0 Å². The van der Waals surface area contributed by atoms with Crippen LogP contribution in [-0.4, -0.2) is 45.2 Å². The Morgan fingerprint density at radius 2 is 1.43 bits per heavy atom. The number of hydrogen-bond donors (Lipinski definition) is 1. The van der Waals surface area contributed by atoms with Crippen LogP contribution in [0.4, 0.5) is 5.69 Å². The van der Waals surface area contributed by atoms with E-state index in [1.165, 1.54) is 69.8 Å². The van der Waals surface area contributed by atoms with Gasteiger partial charge in [0.1, 0.15) is 6.54 Å². The van der Waals surface area contributed by atoms with E-state index < -0.39 is 0 Å². The van der Waals surface area contributed by atoms with Gasteiger partial charge in [-0.25, -0.2) is 4.59 Å². The first kappa shape index (κ1) is 26.5. The summed E-state index contributed by atoms with van der Waals surface area (Å²) >= 11 is 0. The van der Waals surface area contributed by atoms with E-state index in [4.69, 9.17) is 0 Å². The number of amides is 1. The molecule has 1 N–H and O–H groups in total. The van der Waals surface area contributed by atoms with Gasteiger partial charge in [0.05, 0.1) is 25.3 Å². The first-order valence-corrected chi connectivity index (χ1v) is 12.3. The molecule has 0 aliphatic heterocycles. The summed E-state index contributed by atoms with van der Waals surface area (Å²) in [5.74, 6) is 0.0158. The van der Waals surface area contributed by atoms with Crippen LogP contribution in [0.5, 0.6) is 0 Å². The Bertz CT molecular complexity index is 610. The third kappa shape index (κ3) is 9.97. The van der Waals surface area contributed by atoms with Crippen LogP contribution in [0, 0.1) is 0 Å². The number of aryl methyl sites for hydroxylation is 1. The van der Waals surface area contributed by atoms with Gasteiger partial charge >= 0.3 is 0 Å². The molecule has 172 valence electrons. The van der Waals surface area contributed by atoms with Crippen molar-refractivity contribution < 1.29 is 9.39 Å². The maximum Gasteiger partial charge on any atom is 0.298 e. The van der Waals surface area contributed by atoms with Gasteiger partial charge in [0.25, 0.3) is 5.91 Å². The van der Waals surface area contributed by atoms with E-state index in [-0.39, 0.29) is 5.91 Å². The van der Waals surface area contributed by atoms with E-state index in [0.29, 0.717) is 4.59 Å². The summed E-state index contributed by atoms with van der Waals surface area (Å²) in [7, 11) is 8.18. The maximum absolute atomic E-state index is 13.0. The fourth-order valence-corrected chi connectivity index (χ4v) is 4.26. The summed E-state index contributed by atoms with van der Waals surface area (Å²) < 4.78 is 0.505. The van der Waals surface area contributed by atoms with Crippen LogP contribution in [0.2, 0.25) is 0 Å². The second kappa shape index (κ2) is 14.5. The summed E-state index contributed by atoms with van der Waals surface area (Å²) in [5.41, 5.74) is 6.32. The van der Waals surface area contributed by atoms with Crippen LogP contribution in [0.3, 0.4) is 0 Å². The Balaban J connectivity index is 2.57. The average molecular weight is 419 g/mol. The van der Waals surface area contributed by atoms with Gasteiger partial charge in [-0.15, -0.1) is 0 Å². The molecule has 0 atom stereocenters. The summed E-state index contributed by atoms with van der Waals surface area (Å²) in [6, 6.07) is 6.18. The Kier molecular flexibility index (Phi) is 12.8. The highest BCUT2D eigenvalue weighted by Crippen LogP contribution is 2.26. The van der Waals surface area contributed by atoms with Crippen molar-refractivity contribution in [1.29, 1.82) is 0 Å². The first-order valence-electron chi connectivity index (χ1n) is 12.3. The molecule has 0 saturated carbocycles.